The third-order valence-corrected chi connectivity index (χ3v) is 7.10. The Morgan fingerprint density at radius 3 is 2.51 bits per heavy atom. The molecule has 9 nitrogen and oxygen atoms in total. The van der Waals surface area contributed by atoms with Crippen molar-refractivity contribution in [3.8, 4) is 16.9 Å². The van der Waals surface area contributed by atoms with Crippen LogP contribution in [0.5, 0.6) is 5.75 Å². The largest absolute Gasteiger partial charge is 0.497 e. The number of amides is 3. The van der Waals surface area contributed by atoms with Crippen LogP contribution in [0, 0.1) is 0 Å². The maximum absolute atomic E-state index is 13.8. The summed E-state index contributed by atoms with van der Waals surface area (Å²) in [6.07, 6.45) is 4.66. The summed E-state index contributed by atoms with van der Waals surface area (Å²) in [4.78, 5) is 31.4. The predicted octanol–water partition coefficient (Wildman–Crippen LogP) is 4.13. The van der Waals surface area contributed by atoms with Crippen molar-refractivity contribution in [1.82, 2.24) is 20.0 Å². The zero-order valence-corrected chi connectivity index (χ0v) is 19.9. The number of nitrogens with one attached hydrogen (secondary N) is 1. The number of rotatable bonds is 5. The van der Waals surface area contributed by atoms with Crippen LogP contribution in [-0.4, -0.2) is 71.5 Å². The molecule has 0 bridgehead atoms. The first kappa shape index (κ1) is 22.8. The lowest BCUT2D eigenvalue weighted by Gasteiger charge is -2.43. The van der Waals surface area contributed by atoms with Crippen LogP contribution in [0.4, 0.5) is 15.3 Å². The summed E-state index contributed by atoms with van der Waals surface area (Å²) < 4.78 is 10.3. The van der Waals surface area contributed by atoms with Crippen molar-refractivity contribution in [3.05, 3.63) is 66.5 Å². The topological polar surface area (TPSA) is 91.0 Å². The molecule has 2 saturated heterocycles. The molecule has 3 amide bonds. The number of H-pyrrole nitrogens is 1. The Morgan fingerprint density at radius 2 is 1.86 bits per heavy atom. The van der Waals surface area contributed by atoms with E-state index in [1.807, 2.05) is 64.5 Å². The number of aromatic amines is 1. The first-order valence-electron chi connectivity index (χ1n) is 11.7. The number of hydrogen-bond donors (Lipinski definition) is 1. The van der Waals surface area contributed by atoms with E-state index in [2.05, 4.69) is 10.2 Å². The van der Waals surface area contributed by atoms with Gasteiger partial charge in [-0.1, -0.05) is 24.3 Å². The van der Waals surface area contributed by atoms with E-state index in [4.69, 9.17) is 9.47 Å². The van der Waals surface area contributed by atoms with Gasteiger partial charge in [0.15, 0.2) is 0 Å². The highest BCUT2D eigenvalue weighted by Gasteiger charge is 2.51. The van der Waals surface area contributed by atoms with Crippen LogP contribution in [0.2, 0.25) is 0 Å². The molecule has 5 rings (SSSR count). The van der Waals surface area contributed by atoms with E-state index in [0.29, 0.717) is 39.0 Å². The lowest BCUT2D eigenvalue weighted by molar-refractivity contribution is 0.0615. The molecule has 0 saturated carbocycles. The number of hydrogen-bond acceptors (Lipinski definition) is 5. The Hall–Kier alpha value is -4.01. The first-order valence-corrected chi connectivity index (χ1v) is 11.7. The molecule has 0 unspecified atom stereocenters. The third kappa shape index (κ3) is 4.29. The number of ether oxygens (including phenoxy) is 2. The molecule has 1 aromatic heterocycles. The smallest absolute Gasteiger partial charge is 0.409 e. The summed E-state index contributed by atoms with van der Waals surface area (Å²) in [6, 6.07) is 15.7. The Balaban J connectivity index is 1.43. The average Bonchev–Trinajstić information content (AvgIpc) is 3.53. The Labute approximate surface area is 204 Å². The van der Waals surface area contributed by atoms with Crippen LogP contribution in [0.15, 0.2) is 60.9 Å². The highest BCUT2D eigenvalue weighted by Crippen LogP contribution is 2.40. The fourth-order valence-corrected chi connectivity index (χ4v) is 5.09. The van der Waals surface area contributed by atoms with Crippen molar-refractivity contribution in [2.45, 2.75) is 24.9 Å². The average molecular weight is 476 g/mol. The van der Waals surface area contributed by atoms with E-state index in [0.717, 1.165) is 28.1 Å². The molecule has 3 heterocycles. The Kier molecular flexibility index (Phi) is 6.07. The molecule has 0 radical (unpaired) electrons. The van der Waals surface area contributed by atoms with Gasteiger partial charge >= 0.3 is 12.1 Å². The van der Waals surface area contributed by atoms with Crippen LogP contribution in [0.25, 0.3) is 11.1 Å². The number of urea groups is 1. The van der Waals surface area contributed by atoms with Crippen molar-refractivity contribution in [2.24, 2.45) is 0 Å². The number of anilines is 1. The van der Waals surface area contributed by atoms with Gasteiger partial charge < -0.3 is 19.3 Å². The van der Waals surface area contributed by atoms with Gasteiger partial charge in [-0.15, -0.1) is 0 Å². The molecule has 2 fully saturated rings. The molecule has 1 spiro atoms. The standard InChI is InChI=1S/C26H29N5O4/c1-34-23-5-3-4-19(14-23)17-31-24(32)30(18-26(31)10-12-29(13-11-26)25(33)35-2)22-8-6-20(7-9-22)21-15-27-28-16-21/h3-9,14-16H,10-13,17-18H2,1-2H3,(H,27,28). The van der Waals surface area contributed by atoms with Crippen LogP contribution in [0.3, 0.4) is 0 Å². The van der Waals surface area contributed by atoms with Crippen LogP contribution in [-0.2, 0) is 11.3 Å². The fraction of sp³-hybridized carbons (Fsp3) is 0.346. The normalized spacial score (nSPS) is 17.2. The lowest BCUT2D eigenvalue weighted by Crippen LogP contribution is -2.55. The van der Waals surface area contributed by atoms with Gasteiger partial charge in [0, 0.05) is 37.1 Å². The second-order valence-corrected chi connectivity index (χ2v) is 9.02. The summed E-state index contributed by atoms with van der Waals surface area (Å²) in [6.45, 7) is 2.12. The van der Waals surface area contributed by atoms with Crippen LogP contribution in [0.1, 0.15) is 18.4 Å². The van der Waals surface area contributed by atoms with E-state index >= 15 is 0 Å². The maximum Gasteiger partial charge on any atom is 0.409 e. The molecule has 2 aliphatic heterocycles. The number of nitrogens with zero attached hydrogens (tertiary/aromatic N) is 4. The van der Waals surface area contributed by atoms with Gasteiger partial charge in [-0.2, -0.15) is 5.10 Å². The van der Waals surface area contributed by atoms with Gasteiger partial charge in [0.25, 0.3) is 0 Å². The van der Waals surface area contributed by atoms with Gasteiger partial charge in [0.1, 0.15) is 5.75 Å². The second-order valence-electron chi connectivity index (χ2n) is 9.02. The summed E-state index contributed by atoms with van der Waals surface area (Å²) in [5.41, 5.74) is 3.50. The van der Waals surface area contributed by atoms with Gasteiger partial charge in [-0.3, -0.25) is 10.00 Å². The third-order valence-electron chi connectivity index (χ3n) is 7.10. The van der Waals surface area contributed by atoms with Gasteiger partial charge in [-0.05, 0) is 48.2 Å². The SMILES string of the molecule is COC(=O)N1CCC2(CC1)CN(c1ccc(-c3cn[nH]c3)cc1)C(=O)N2Cc1cccc(OC)c1. The molecule has 2 aromatic carbocycles. The maximum atomic E-state index is 13.8. The summed E-state index contributed by atoms with van der Waals surface area (Å²) in [7, 11) is 3.04. The second kappa shape index (κ2) is 9.32. The van der Waals surface area contributed by atoms with E-state index in [1.165, 1.54) is 7.11 Å². The minimum atomic E-state index is -0.381. The number of carbonyl (C=O) groups is 2. The van der Waals surface area contributed by atoms with Gasteiger partial charge in [0.05, 0.1) is 32.5 Å². The lowest BCUT2D eigenvalue weighted by atomic mass is 9.86. The highest BCUT2D eigenvalue weighted by atomic mass is 16.5. The van der Waals surface area contributed by atoms with Crippen molar-refractivity contribution in [2.75, 3.05) is 38.8 Å². The number of methoxy groups -OCH3 is 2. The predicted molar refractivity (Wildman–Crippen MR) is 131 cm³/mol. The van der Waals surface area contributed by atoms with E-state index in [-0.39, 0.29) is 17.7 Å². The molecule has 35 heavy (non-hydrogen) atoms. The minimum Gasteiger partial charge on any atom is -0.497 e. The molecule has 182 valence electrons. The van der Waals surface area contributed by atoms with Crippen molar-refractivity contribution in [1.29, 1.82) is 0 Å². The van der Waals surface area contributed by atoms with E-state index in [9.17, 15) is 9.59 Å². The molecular formula is C26H29N5O4. The number of carbonyl (C=O) groups excluding carboxylic acids is 2. The summed E-state index contributed by atoms with van der Waals surface area (Å²) in [5, 5.41) is 6.84. The molecule has 0 aliphatic carbocycles. The quantitative estimate of drug-likeness (QED) is 0.599. The molecule has 2 aliphatic rings. The highest BCUT2D eigenvalue weighted by molar-refractivity contribution is 5.95. The zero-order valence-electron chi connectivity index (χ0n) is 19.9. The molecule has 3 aromatic rings. The van der Waals surface area contributed by atoms with Crippen LogP contribution < -0.4 is 9.64 Å². The first-order chi connectivity index (χ1) is 17.0. The van der Waals surface area contributed by atoms with E-state index < -0.39 is 0 Å². The Bertz CT molecular complexity index is 1190. The number of piperidine rings is 1. The van der Waals surface area contributed by atoms with Gasteiger partial charge in [-0.25, -0.2) is 9.59 Å². The minimum absolute atomic E-state index is 0.0320. The monoisotopic (exact) mass is 475 g/mol. The van der Waals surface area contributed by atoms with Crippen molar-refractivity contribution in [3.63, 3.8) is 0 Å². The van der Waals surface area contributed by atoms with Crippen molar-refractivity contribution < 1.29 is 19.1 Å². The zero-order chi connectivity index (χ0) is 24.4. The number of aromatic nitrogens is 2. The molecule has 0 atom stereocenters. The van der Waals surface area contributed by atoms with Crippen molar-refractivity contribution >= 4 is 17.8 Å². The Morgan fingerprint density at radius 1 is 1.09 bits per heavy atom. The van der Waals surface area contributed by atoms with Gasteiger partial charge in [0.2, 0.25) is 0 Å². The molecule has 9 heteroatoms. The summed E-state index contributed by atoms with van der Waals surface area (Å²) in [5.74, 6) is 0.760. The summed E-state index contributed by atoms with van der Waals surface area (Å²) >= 11 is 0. The molecule has 1 N–H and O–H groups in total. The number of benzene rings is 2. The van der Waals surface area contributed by atoms with E-state index in [1.54, 1.807) is 18.2 Å². The van der Waals surface area contributed by atoms with Crippen LogP contribution >= 0.6 is 0 Å². The number of likely N-dealkylation sites (tertiary alicyclic amines) is 1. The molecular weight excluding hydrogens is 446 g/mol. The fourth-order valence-electron chi connectivity index (χ4n) is 5.09.